The van der Waals surface area contributed by atoms with Gasteiger partial charge in [0.05, 0.1) is 28.5 Å². The summed E-state index contributed by atoms with van der Waals surface area (Å²) in [4.78, 5) is 16.5. The van der Waals surface area contributed by atoms with E-state index < -0.39 is 0 Å². The second-order valence-corrected chi connectivity index (χ2v) is 5.17. The normalized spacial score (nSPS) is 14.3. The lowest BCUT2D eigenvalue weighted by Gasteiger charge is -2.17. The minimum absolute atomic E-state index is 0.128. The van der Waals surface area contributed by atoms with Crippen LogP contribution in [-0.4, -0.2) is 27.2 Å². The van der Waals surface area contributed by atoms with Gasteiger partial charge in [0.1, 0.15) is 0 Å². The van der Waals surface area contributed by atoms with Crippen molar-refractivity contribution in [3.63, 3.8) is 0 Å². The summed E-state index contributed by atoms with van der Waals surface area (Å²) in [7, 11) is 0. The van der Waals surface area contributed by atoms with E-state index in [1.807, 2.05) is 4.68 Å². The van der Waals surface area contributed by atoms with Gasteiger partial charge in [-0.15, -0.1) is 0 Å². The average Bonchev–Trinajstić information content (AvgIpc) is 2.83. The number of rotatable bonds is 4. The predicted octanol–water partition coefficient (Wildman–Crippen LogP) is 1.49. The van der Waals surface area contributed by atoms with Crippen LogP contribution in [0.15, 0.2) is 6.20 Å². The summed E-state index contributed by atoms with van der Waals surface area (Å²) in [6.07, 6.45) is 5.86. The van der Waals surface area contributed by atoms with E-state index in [2.05, 4.69) is 22.3 Å². The number of nitrogens with two attached hydrogens (primary N) is 1. The number of amides is 1. The highest BCUT2D eigenvalue weighted by molar-refractivity contribution is 6.07. The van der Waals surface area contributed by atoms with Crippen molar-refractivity contribution in [1.82, 2.24) is 20.1 Å². The molecule has 1 amide bonds. The lowest BCUT2D eigenvalue weighted by Crippen LogP contribution is -2.33. The molecule has 0 atom stereocenters. The molecule has 3 heterocycles. The number of carbonyl (C=O) groups excluding carboxylic acids is 1. The van der Waals surface area contributed by atoms with Crippen LogP contribution in [0, 0.1) is 0 Å². The van der Waals surface area contributed by atoms with Crippen LogP contribution in [0.4, 0.5) is 5.69 Å². The largest absolute Gasteiger partial charge is 0.397 e. The lowest BCUT2D eigenvalue weighted by molar-refractivity contribution is 0.0946. The van der Waals surface area contributed by atoms with Gasteiger partial charge in [0, 0.05) is 19.5 Å². The Balaban J connectivity index is 2.06. The summed E-state index contributed by atoms with van der Waals surface area (Å²) in [5, 5.41) is 7.95. The topological polar surface area (TPSA) is 85.8 Å². The number of nitrogens with zero attached hydrogens (tertiary/aromatic N) is 3. The first-order chi connectivity index (χ1) is 9.72. The van der Waals surface area contributed by atoms with Crippen molar-refractivity contribution >= 4 is 22.6 Å². The monoisotopic (exact) mass is 273 g/mol. The van der Waals surface area contributed by atoms with Crippen LogP contribution in [0.3, 0.4) is 0 Å². The molecule has 0 spiro atoms. The maximum Gasteiger partial charge on any atom is 0.255 e. The standard InChI is InChI=1S/C14H19N5O/c1-2-3-4-7-19-13-9(8-17-19)12(15)11-10(18-13)5-6-16-14(11)20/h8H,2-7H2,1H3,(H2,15,18)(H,16,20). The van der Waals surface area contributed by atoms with Crippen molar-refractivity contribution in [2.24, 2.45) is 0 Å². The predicted molar refractivity (Wildman–Crippen MR) is 77.5 cm³/mol. The number of aryl methyl sites for hydroxylation is 1. The molecule has 3 N–H and O–H groups in total. The van der Waals surface area contributed by atoms with Crippen LogP contribution in [0.2, 0.25) is 0 Å². The molecule has 0 unspecified atom stereocenters. The summed E-state index contributed by atoms with van der Waals surface area (Å²) in [6, 6.07) is 0. The van der Waals surface area contributed by atoms with Crippen LogP contribution in [0.25, 0.3) is 11.0 Å². The summed E-state index contributed by atoms with van der Waals surface area (Å²) >= 11 is 0. The Morgan fingerprint density at radius 3 is 3.10 bits per heavy atom. The molecule has 6 nitrogen and oxygen atoms in total. The van der Waals surface area contributed by atoms with Gasteiger partial charge in [0.2, 0.25) is 0 Å². The van der Waals surface area contributed by atoms with Crippen LogP contribution in [0.5, 0.6) is 0 Å². The molecule has 2 aromatic heterocycles. The van der Waals surface area contributed by atoms with Gasteiger partial charge in [0.15, 0.2) is 5.65 Å². The molecule has 2 aromatic rings. The molecule has 1 aliphatic rings. The third-order valence-corrected chi connectivity index (χ3v) is 3.75. The summed E-state index contributed by atoms with van der Waals surface area (Å²) in [5.74, 6) is -0.128. The van der Waals surface area contributed by atoms with Gasteiger partial charge < -0.3 is 11.1 Å². The van der Waals surface area contributed by atoms with E-state index in [-0.39, 0.29) is 5.91 Å². The SMILES string of the molecule is CCCCCn1ncc2c(N)c3c(nc21)CCNC3=O. The Bertz CT molecular complexity index is 661. The molecule has 0 saturated carbocycles. The number of hydrogen-bond acceptors (Lipinski definition) is 4. The van der Waals surface area contributed by atoms with Gasteiger partial charge in [-0.1, -0.05) is 19.8 Å². The Labute approximate surface area is 117 Å². The van der Waals surface area contributed by atoms with E-state index in [1.54, 1.807) is 6.20 Å². The molecule has 0 aromatic carbocycles. The van der Waals surface area contributed by atoms with Gasteiger partial charge in [-0.2, -0.15) is 5.10 Å². The number of hydrogen-bond donors (Lipinski definition) is 2. The van der Waals surface area contributed by atoms with Crippen molar-refractivity contribution in [2.45, 2.75) is 39.2 Å². The average molecular weight is 273 g/mol. The Kier molecular flexibility index (Phi) is 3.30. The zero-order chi connectivity index (χ0) is 14.1. The number of anilines is 1. The molecular weight excluding hydrogens is 254 g/mol. The Hall–Kier alpha value is -2.11. The highest BCUT2D eigenvalue weighted by atomic mass is 16.1. The molecule has 0 aliphatic carbocycles. The zero-order valence-electron chi connectivity index (χ0n) is 11.6. The first-order valence-corrected chi connectivity index (χ1v) is 7.14. The second kappa shape index (κ2) is 5.11. The molecular formula is C14H19N5O. The molecule has 0 radical (unpaired) electrons. The third kappa shape index (κ3) is 2.01. The van der Waals surface area contributed by atoms with E-state index in [0.29, 0.717) is 17.8 Å². The molecule has 0 bridgehead atoms. The number of aromatic nitrogens is 3. The van der Waals surface area contributed by atoms with Crippen molar-refractivity contribution in [1.29, 1.82) is 0 Å². The van der Waals surface area contributed by atoms with Gasteiger partial charge >= 0.3 is 0 Å². The molecule has 6 heteroatoms. The number of unbranched alkanes of at least 4 members (excludes halogenated alkanes) is 2. The van der Waals surface area contributed by atoms with Crippen LogP contribution >= 0.6 is 0 Å². The van der Waals surface area contributed by atoms with Crippen LogP contribution in [-0.2, 0) is 13.0 Å². The number of nitrogen functional groups attached to an aromatic ring is 1. The molecule has 0 fully saturated rings. The highest BCUT2D eigenvalue weighted by Gasteiger charge is 2.24. The fraction of sp³-hybridized carbons (Fsp3) is 0.500. The highest BCUT2D eigenvalue weighted by Crippen LogP contribution is 2.27. The summed E-state index contributed by atoms with van der Waals surface area (Å²) in [5.41, 5.74) is 8.76. The van der Waals surface area contributed by atoms with Gasteiger partial charge in [-0.3, -0.25) is 4.79 Å². The van der Waals surface area contributed by atoms with E-state index in [1.165, 1.54) is 12.8 Å². The summed E-state index contributed by atoms with van der Waals surface area (Å²) in [6.45, 7) is 3.63. The van der Waals surface area contributed by atoms with Crippen molar-refractivity contribution in [3.05, 3.63) is 17.5 Å². The van der Waals surface area contributed by atoms with Gasteiger partial charge in [-0.25, -0.2) is 9.67 Å². The smallest absolute Gasteiger partial charge is 0.255 e. The number of pyridine rings is 1. The minimum Gasteiger partial charge on any atom is -0.397 e. The third-order valence-electron chi connectivity index (χ3n) is 3.75. The van der Waals surface area contributed by atoms with E-state index in [9.17, 15) is 4.79 Å². The van der Waals surface area contributed by atoms with Crippen molar-refractivity contribution in [2.75, 3.05) is 12.3 Å². The fourth-order valence-electron chi connectivity index (χ4n) is 2.65. The number of carbonyl (C=O) groups is 1. The minimum atomic E-state index is -0.128. The Morgan fingerprint density at radius 2 is 2.30 bits per heavy atom. The van der Waals surface area contributed by atoms with Crippen LogP contribution < -0.4 is 11.1 Å². The van der Waals surface area contributed by atoms with E-state index in [4.69, 9.17) is 5.73 Å². The lowest BCUT2D eigenvalue weighted by atomic mass is 10.0. The van der Waals surface area contributed by atoms with Gasteiger partial charge in [0.25, 0.3) is 5.91 Å². The van der Waals surface area contributed by atoms with E-state index in [0.717, 1.165) is 36.1 Å². The first-order valence-electron chi connectivity index (χ1n) is 7.14. The Morgan fingerprint density at radius 1 is 1.45 bits per heavy atom. The molecule has 3 rings (SSSR count). The maximum absolute atomic E-state index is 11.9. The molecule has 20 heavy (non-hydrogen) atoms. The fourth-order valence-corrected chi connectivity index (χ4v) is 2.65. The maximum atomic E-state index is 11.9. The quantitative estimate of drug-likeness (QED) is 0.826. The number of fused-ring (bicyclic) bond motifs is 2. The zero-order valence-corrected chi connectivity index (χ0v) is 11.6. The summed E-state index contributed by atoms with van der Waals surface area (Å²) < 4.78 is 1.90. The van der Waals surface area contributed by atoms with Crippen molar-refractivity contribution < 1.29 is 4.79 Å². The molecule has 106 valence electrons. The molecule has 0 saturated heterocycles. The van der Waals surface area contributed by atoms with Gasteiger partial charge in [-0.05, 0) is 6.42 Å². The van der Waals surface area contributed by atoms with E-state index >= 15 is 0 Å². The molecule has 1 aliphatic heterocycles. The number of nitrogens with one attached hydrogen (secondary N) is 1. The first kappa shape index (κ1) is 12.9. The second-order valence-electron chi connectivity index (χ2n) is 5.17. The van der Waals surface area contributed by atoms with Crippen LogP contribution in [0.1, 0.15) is 42.2 Å². The van der Waals surface area contributed by atoms with Crippen molar-refractivity contribution in [3.8, 4) is 0 Å².